The number of nitrogens with one attached hydrogen (secondary N) is 2. The van der Waals surface area contributed by atoms with Gasteiger partial charge in [-0.15, -0.1) is 0 Å². The van der Waals surface area contributed by atoms with Crippen molar-refractivity contribution in [3.63, 3.8) is 0 Å². The number of hydrogen-bond donors (Lipinski definition) is 2. The highest BCUT2D eigenvalue weighted by Crippen LogP contribution is 2.25. The Labute approximate surface area is 123 Å². The van der Waals surface area contributed by atoms with E-state index in [4.69, 9.17) is 0 Å². The molecule has 2 heteroatoms. The first-order chi connectivity index (χ1) is 9.83. The predicted molar refractivity (Wildman–Crippen MR) is 84.9 cm³/mol. The molecule has 0 aromatic heterocycles. The Morgan fingerprint density at radius 3 is 3.00 bits per heavy atom. The Kier molecular flexibility index (Phi) is 4.74. The zero-order chi connectivity index (χ0) is 13.8. The normalized spacial score (nSPS) is 30.6. The first kappa shape index (κ1) is 14.1. The van der Waals surface area contributed by atoms with Crippen molar-refractivity contribution in [2.45, 2.75) is 57.5 Å². The Bertz CT molecular complexity index is 429. The molecule has 0 saturated heterocycles. The van der Waals surface area contributed by atoms with Crippen molar-refractivity contribution in [1.29, 1.82) is 0 Å². The van der Waals surface area contributed by atoms with Gasteiger partial charge in [-0.1, -0.05) is 44.0 Å². The van der Waals surface area contributed by atoms with Gasteiger partial charge in [-0.3, -0.25) is 0 Å². The quantitative estimate of drug-likeness (QED) is 0.824. The van der Waals surface area contributed by atoms with Crippen LogP contribution in [0.1, 0.15) is 56.2 Å². The fourth-order valence-electron chi connectivity index (χ4n) is 3.75. The molecule has 1 aliphatic heterocycles. The smallest absolute Gasteiger partial charge is 0.0449 e. The Hall–Kier alpha value is -0.860. The molecular weight excluding hydrogens is 244 g/mol. The maximum Gasteiger partial charge on any atom is 0.0449 e. The van der Waals surface area contributed by atoms with Crippen LogP contribution in [0, 0.1) is 5.92 Å². The minimum Gasteiger partial charge on any atom is -0.312 e. The molecular formula is C18H28N2. The van der Waals surface area contributed by atoms with Crippen LogP contribution < -0.4 is 10.6 Å². The Morgan fingerprint density at radius 1 is 1.15 bits per heavy atom. The average Bonchev–Trinajstić information content (AvgIpc) is 2.70. The van der Waals surface area contributed by atoms with Gasteiger partial charge in [0, 0.05) is 18.6 Å². The molecule has 1 heterocycles. The first-order valence-electron chi connectivity index (χ1n) is 8.37. The van der Waals surface area contributed by atoms with E-state index in [-0.39, 0.29) is 0 Å². The Balaban J connectivity index is 1.56. The number of rotatable bonds is 3. The highest BCUT2D eigenvalue weighted by molar-refractivity contribution is 5.32. The van der Waals surface area contributed by atoms with Crippen LogP contribution in [0.25, 0.3) is 0 Å². The highest BCUT2D eigenvalue weighted by atomic mass is 15.0. The third-order valence-corrected chi connectivity index (χ3v) is 5.08. The predicted octanol–water partition coefficient (Wildman–Crippen LogP) is 3.43. The van der Waals surface area contributed by atoms with Crippen LogP contribution in [0.4, 0.5) is 0 Å². The van der Waals surface area contributed by atoms with Gasteiger partial charge in [-0.05, 0) is 49.3 Å². The maximum absolute atomic E-state index is 3.83. The van der Waals surface area contributed by atoms with E-state index in [0.29, 0.717) is 6.04 Å². The fourth-order valence-corrected chi connectivity index (χ4v) is 3.75. The molecule has 3 atom stereocenters. The number of benzene rings is 1. The van der Waals surface area contributed by atoms with Crippen LogP contribution in [0.5, 0.6) is 0 Å². The molecule has 1 saturated carbocycles. The summed E-state index contributed by atoms with van der Waals surface area (Å²) in [6.45, 7) is 4.60. The summed E-state index contributed by atoms with van der Waals surface area (Å²) in [7, 11) is 0. The molecule has 2 aliphatic rings. The third-order valence-electron chi connectivity index (χ3n) is 5.08. The average molecular weight is 272 g/mol. The molecule has 0 bridgehead atoms. The SMILES string of the molecule is CC1CCCC(NCC2NCCc3ccccc32)CC1. The van der Waals surface area contributed by atoms with Crippen LogP contribution in [0.3, 0.4) is 0 Å². The lowest BCUT2D eigenvalue weighted by atomic mass is 9.94. The van der Waals surface area contributed by atoms with Crippen molar-refractivity contribution in [2.75, 3.05) is 13.1 Å². The number of fused-ring (bicyclic) bond motifs is 1. The van der Waals surface area contributed by atoms with Gasteiger partial charge in [0.15, 0.2) is 0 Å². The lowest BCUT2D eigenvalue weighted by Gasteiger charge is -2.29. The lowest BCUT2D eigenvalue weighted by molar-refractivity contribution is 0.398. The van der Waals surface area contributed by atoms with Crippen molar-refractivity contribution in [3.8, 4) is 0 Å². The minimum atomic E-state index is 0.501. The van der Waals surface area contributed by atoms with Gasteiger partial charge in [0.2, 0.25) is 0 Å². The third kappa shape index (κ3) is 3.42. The lowest BCUT2D eigenvalue weighted by Crippen LogP contribution is -2.40. The fraction of sp³-hybridized carbons (Fsp3) is 0.667. The maximum atomic E-state index is 3.83. The molecule has 2 nitrogen and oxygen atoms in total. The van der Waals surface area contributed by atoms with Crippen LogP contribution in [-0.2, 0) is 6.42 Å². The van der Waals surface area contributed by atoms with Gasteiger partial charge in [-0.25, -0.2) is 0 Å². The zero-order valence-electron chi connectivity index (χ0n) is 12.7. The molecule has 2 N–H and O–H groups in total. The second-order valence-corrected chi connectivity index (χ2v) is 6.67. The van der Waals surface area contributed by atoms with Crippen LogP contribution in [0.2, 0.25) is 0 Å². The summed E-state index contributed by atoms with van der Waals surface area (Å²) in [6.07, 6.45) is 8.10. The summed E-state index contributed by atoms with van der Waals surface area (Å²) >= 11 is 0. The molecule has 0 spiro atoms. The summed E-state index contributed by atoms with van der Waals surface area (Å²) in [5, 5.41) is 7.51. The standard InChI is InChI=1S/C18H28N2/c1-14-5-4-7-16(10-9-14)20-13-18-17-8-3-2-6-15(17)11-12-19-18/h2-3,6,8,14,16,18-20H,4-5,7,9-13H2,1H3. The molecule has 0 radical (unpaired) electrons. The van der Waals surface area contributed by atoms with Gasteiger partial charge < -0.3 is 10.6 Å². The molecule has 20 heavy (non-hydrogen) atoms. The van der Waals surface area contributed by atoms with E-state index in [1.54, 1.807) is 0 Å². The van der Waals surface area contributed by atoms with E-state index in [1.807, 2.05) is 0 Å². The molecule has 3 unspecified atom stereocenters. The van der Waals surface area contributed by atoms with Gasteiger partial charge in [0.1, 0.15) is 0 Å². The monoisotopic (exact) mass is 272 g/mol. The van der Waals surface area contributed by atoms with E-state index in [0.717, 1.165) is 25.0 Å². The molecule has 1 fully saturated rings. The van der Waals surface area contributed by atoms with Gasteiger partial charge in [0.25, 0.3) is 0 Å². The van der Waals surface area contributed by atoms with E-state index >= 15 is 0 Å². The molecule has 0 amide bonds. The largest absolute Gasteiger partial charge is 0.312 e. The summed E-state index contributed by atoms with van der Waals surface area (Å²) < 4.78 is 0. The van der Waals surface area contributed by atoms with E-state index in [2.05, 4.69) is 41.8 Å². The second-order valence-electron chi connectivity index (χ2n) is 6.67. The summed E-state index contributed by atoms with van der Waals surface area (Å²) in [4.78, 5) is 0. The molecule has 3 rings (SSSR count). The molecule has 1 aliphatic carbocycles. The highest BCUT2D eigenvalue weighted by Gasteiger charge is 2.21. The van der Waals surface area contributed by atoms with Crippen molar-refractivity contribution in [1.82, 2.24) is 10.6 Å². The van der Waals surface area contributed by atoms with Crippen LogP contribution >= 0.6 is 0 Å². The van der Waals surface area contributed by atoms with Gasteiger partial charge in [-0.2, -0.15) is 0 Å². The van der Waals surface area contributed by atoms with Crippen molar-refractivity contribution in [2.24, 2.45) is 5.92 Å². The summed E-state index contributed by atoms with van der Waals surface area (Å²) in [5.41, 5.74) is 3.04. The topological polar surface area (TPSA) is 24.1 Å². The summed E-state index contributed by atoms with van der Waals surface area (Å²) in [5.74, 6) is 0.926. The second kappa shape index (κ2) is 6.73. The van der Waals surface area contributed by atoms with Crippen molar-refractivity contribution >= 4 is 0 Å². The summed E-state index contributed by atoms with van der Waals surface area (Å²) in [6, 6.07) is 10.2. The van der Waals surface area contributed by atoms with Gasteiger partial charge >= 0.3 is 0 Å². The van der Waals surface area contributed by atoms with E-state index < -0.39 is 0 Å². The van der Waals surface area contributed by atoms with E-state index in [9.17, 15) is 0 Å². The van der Waals surface area contributed by atoms with E-state index in [1.165, 1.54) is 49.7 Å². The minimum absolute atomic E-state index is 0.501. The van der Waals surface area contributed by atoms with Gasteiger partial charge in [0.05, 0.1) is 0 Å². The Morgan fingerprint density at radius 2 is 2.05 bits per heavy atom. The zero-order valence-corrected chi connectivity index (χ0v) is 12.7. The molecule has 110 valence electrons. The van der Waals surface area contributed by atoms with Crippen LogP contribution in [-0.4, -0.2) is 19.1 Å². The van der Waals surface area contributed by atoms with Crippen molar-refractivity contribution < 1.29 is 0 Å². The van der Waals surface area contributed by atoms with Crippen molar-refractivity contribution in [3.05, 3.63) is 35.4 Å². The van der Waals surface area contributed by atoms with Crippen LogP contribution in [0.15, 0.2) is 24.3 Å². The molecule has 1 aromatic carbocycles. The molecule has 1 aromatic rings. The number of hydrogen-bond acceptors (Lipinski definition) is 2. The first-order valence-corrected chi connectivity index (χ1v) is 8.37.